The maximum atomic E-state index is 2.56. The zero-order chi connectivity index (χ0) is 14.6. The Bertz CT molecular complexity index is 707. The molecule has 1 saturated carbocycles. The Morgan fingerprint density at radius 3 is 2.14 bits per heavy atom. The van der Waals surface area contributed by atoms with Gasteiger partial charge in [0.15, 0.2) is 0 Å². The highest BCUT2D eigenvalue weighted by Gasteiger charge is 2.50. The van der Waals surface area contributed by atoms with Gasteiger partial charge in [0.2, 0.25) is 0 Å². The minimum absolute atomic E-state index is 0.149. The molecule has 0 bridgehead atoms. The van der Waals surface area contributed by atoms with Crippen molar-refractivity contribution in [1.29, 1.82) is 0 Å². The van der Waals surface area contributed by atoms with E-state index in [0.29, 0.717) is 0 Å². The van der Waals surface area contributed by atoms with Crippen molar-refractivity contribution in [3.05, 3.63) is 71.8 Å². The highest BCUT2D eigenvalue weighted by molar-refractivity contribution is 5.82. The number of benzene rings is 2. The Morgan fingerprint density at radius 1 is 0.773 bits per heavy atom. The topological polar surface area (TPSA) is 0 Å². The smallest absolute Gasteiger partial charge is 0.0425 e. The second-order valence-electron chi connectivity index (χ2n) is 7.25. The predicted octanol–water partition coefficient (Wildman–Crippen LogP) is 5.72. The first-order valence-electron chi connectivity index (χ1n) is 8.78. The highest BCUT2D eigenvalue weighted by Crippen LogP contribution is 2.59. The summed E-state index contributed by atoms with van der Waals surface area (Å²) in [5.74, 6) is 1.66. The van der Waals surface area contributed by atoms with Gasteiger partial charge in [-0.25, -0.2) is 0 Å². The summed E-state index contributed by atoms with van der Waals surface area (Å²) in [5, 5.41) is 0. The summed E-state index contributed by atoms with van der Waals surface area (Å²) in [6.45, 7) is 0. The van der Waals surface area contributed by atoms with Gasteiger partial charge in [0.05, 0.1) is 0 Å². The third-order valence-electron chi connectivity index (χ3n) is 6.35. The molecule has 0 heteroatoms. The Labute approximate surface area is 132 Å². The van der Waals surface area contributed by atoms with Crippen LogP contribution in [0.5, 0.6) is 0 Å². The van der Waals surface area contributed by atoms with Gasteiger partial charge in [-0.2, -0.15) is 0 Å². The van der Waals surface area contributed by atoms with Gasteiger partial charge in [-0.1, -0.05) is 73.5 Å². The van der Waals surface area contributed by atoms with Crippen LogP contribution in [0, 0.1) is 11.8 Å². The molecule has 2 aromatic carbocycles. The minimum atomic E-state index is 0.149. The van der Waals surface area contributed by atoms with E-state index >= 15 is 0 Å². The van der Waals surface area contributed by atoms with E-state index < -0.39 is 0 Å². The van der Waals surface area contributed by atoms with Gasteiger partial charge >= 0.3 is 0 Å². The molecule has 0 N–H and O–H groups in total. The Morgan fingerprint density at radius 2 is 1.41 bits per heavy atom. The Balaban J connectivity index is 1.83. The molecule has 2 unspecified atom stereocenters. The molecule has 0 amide bonds. The van der Waals surface area contributed by atoms with Crippen LogP contribution in [0.2, 0.25) is 0 Å². The molecule has 0 saturated heterocycles. The lowest BCUT2D eigenvalue weighted by Gasteiger charge is -2.47. The maximum absolute atomic E-state index is 2.56. The van der Waals surface area contributed by atoms with E-state index in [-0.39, 0.29) is 5.41 Å². The van der Waals surface area contributed by atoms with Crippen LogP contribution in [0.3, 0.4) is 0 Å². The van der Waals surface area contributed by atoms with E-state index in [1.807, 2.05) is 0 Å². The molecule has 0 aliphatic heterocycles. The van der Waals surface area contributed by atoms with Gasteiger partial charge in [-0.05, 0) is 53.4 Å². The van der Waals surface area contributed by atoms with Gasteiger partial charge in [0.1, 0.15) is 0 Å². The van der Waals surface area contributed by atoms with Crippen LogP contribution < -0.4 is 0 Å². The quantitative estimate of drug-likeness (QED) is 0.543. The zero-order valence-corrected chi connectivity index (χ0v) is 13.0. The van der Waals surface area contributed by atoms with Crippen molar-refractivity contribution in [3.63, 3.8) is 0 Å². The fraction of sp³-hybridized carbons (Fsp3) is 0.364. The van der Waals surface area contributed by atoms with Crippen molar-refractivity contribution >= 4 is 0 Å². The van der Waals surface area contributed by atoms with E-state index in [1.54, 1.807) is 11.1 Å². The lowest BCUT2D eigenvalue weighted by molar-refractivity contribution is 0.172. The number of rotatable bonds is 0. The van der Waals surface area contributed by atoms with Crippen molar-refractivity contribution in [3.8, 4) is 11.1 Å². The maximum Gasteiger partial charge on any atom is 0.0425 e. The zero-order valence-electron chi connectivity index (χ0n) is 13.0. The first-order chi connectivity index (χ1) is 10.9. The molecule has 1 spiro atoms. The second kappa shape index (κ2) is 4.59. The molecule has 0 heterocycles. The average molecular weight is 286 g/mol. The van der Waals surface area contributed by atoms with E-state index in [2.05, 4.69) is 60.7 Å². The summed E-state index contributed by atoms with van der Waals surface area (Å²) in [6, 6.07) is 18.3. The molecule has 0 nitrogen and oxygen atoms in total. The van der Waals surface area contributed by atoms with Crippen LogP contribution in [0.15, 0.2) is 60.7 Å². The number of fused-ring (bicyclic) bond motifs is 7. The molecule has 0 radical (unpaired) electrons. The summed E-state index contributed by atoms with van der Waals surface area (Å²) in [7, 11) is 0. The van der Waals surface area contributed by atoms with Crippen LogP contribution in [0.25, 0.3) is 11.1 Å². The molecule has 3 aliphatic carbocycles. The summed E-state index contributed by atoms with van der Waals surface area (Å²) in [4.78, 5) is 0. The molecular formula is C22H22. The van der Waals surface area contributed by atoms with E-state index in [1.165, 1.54) is 43.2 Å². The molecule has 3 aliphatic rings. The highest BCUT2D eigenvalue weighted by atomic mass is 14.5. The first-order valence-corrected chi connectivity index (χ1v) is 8.78. The molecule has 2 aromatic rings. The lowest BCUT2D eigenvalue weighted by atomic mass is 9.56. The second-order valence-corrected chi connectivity index (χ2v) is 7.25. The van der Waals surface area contributed by atoms with Gasteiger partial charge in [-0.15, -0.1) is 0 Å². The SMILES string of the molecule is C1=CC2(c3ccccc3-c3ccccc32)C2CCCCC2C1. The molecule has 0 aromatic heterocycles. The van der Waals surface area contributed by atoms with Gasteiger partial charge in [0.25, 0.3) is 0 Å². The Hall–Kier alpha value is -1.82. The molecule has 5 rings (SSSR count). The van der Waals surface area contributed by atoms with Crippen molar-refractivity contribution in [2.24, 2.45) is 11.8 Å². The average Bonchev–Trinajstić information content (AvgIpc) is 2.87. The third kappa shape index (κ3) is 1.48. The van der Waals surface area contributed by atoms with Crippen molar-refractivity contribution < 1.29 is 0 Å². The summed E-state index contributed by atoms with van der Waals surface area (Å²) < 4.78 is 0. The fourth-order valence-electron chi connectivity index (χ4n) is 5.52. The number of hydrogen-bond acceptors (Lipinski definition) is 0. The molecular weight excluding hydrogens is 264 g/mol. The first kappa shape index (κ1) is 12.7. The molecule has 22 heavy (non-hydrogen) atoms. The minimum Gasteiger partial charge on any atom is -0.0870 e. The van der Waals surface area contributed by atoms with Crippen LogP contribution in [-0.4, -0.2) is 0 Å². The molecule has 110 valence electrons. The monoisotopic (exact) mass is 286 g/mol. The van der Waals surface area contributed by atoms with E-state index in [0.717, 1.165) is 11.8 Å². The number of allylic oxidation sites excluding steroid dienone is 2. The van der Waals surface area contributed by atoms with Crippen LogP contribution >= 0.6 is 0 Å². The molecule has 1 fully saturated rings. The van der Waals surface area contributed by atoms with Gasteiger partial charge < -0.3 is 0 Å². The van der Waals surface area contributed by atoms with Crippen molar-refractivity contribution in [1.82, 2.24) is 0 Å². The van der Waals surface area contributed by atoms with Crippen LogP contribution in [0.4, 0.5) is 0 Å². The summed E-state index contributed by atoms with van der Waals surface area (Å²) >= 11 is 0. The van der Waals surface area contributed by atoms with Gasteiger partial charge in [-0.3, -0.25) is 0 Å². The lowest BCUT2D eigenvalue weighted by Crippen LogP contribution is -2.41. The van der Waals surface area contributed by atoms with Crippen LogP contribution in [0.1, 0.15) is 43.2 Å². The fourth-order valence-corrected chi connectivity index (χ4v) is 5.52. The van der Waals surface area contributed by atoms with E-state index in [9.17, 15) is 0 Å². The Kier molecular flexibility index (Phi) is 2.65. The number of hydrogen-bond donors (Lipinski definition) is 0. The van der Waals surface area contributed by atoms with Gasteiger partial charge in [0, 0.05) is 5.41 Å². The van der Waals surface area contributed by atoms with E-state index in [4.69, 9.17) is 0 Å². The van der Waals surface area contributed by atoms with Crippen molar-refractivity contribution in [2.45, 2.75) is 37.5 Å². The predicted molar refractivity (Wildman–Crippen MR) is 91.9 cm³/mol. The van der Waals surface area contributed by atoms with Crippen LogP contribution in [-0.2, 0) is 5.41 Å². The largest absolute Gasteiger partial charge is 0.0870 e. The van der Waals surface area contributed by atoms with Crippen molar-refractivity contribution in [2.75, 3.05) is 0 Å². The third-order valence-corrected chi connectivity index (χ3v) is 6.35. The summed E-state index contributed by atoms with van der Waals surface area (Å²) in [6.07, 6.45) is 12.0. The summed E-state index contributed by atoms with van der Waals surface area (Å²) in [5.41, 5.74) is 6.20. The standard InChI is InChI=1S/C22H22/c1-4-12-19-16(8-1)9-7-15-22(19)20-13-5-2-10-17(20)18-11-3-6-14-21(18)22/h2-3,5-7,10-11,13-16,19H,1,4,8-9,12H2. The normalized spacial score (nSPS) is 27.3. The molecule has 2 atom stereocenters.